The molecule has 1 aromatic carbocycles. The number of piperidine rings is 1. The lowest BCUT2D eigenvalue weighted by Gasteiger charge is -2.34. The Morgan fingerprint density at radius 1 is 1.14 bits per heavy atom. The van der Waals surface area contributed by atoms with Crippen molar-refractivity contribution in [3.05, 3.63) is 24.3 Å². The van der Waals surface area contributed by atoms with Gasteiger partial charge in [0.05, 0.1) is 4.90 Å². The van der Waals surface area contributed by atoms with Gasteiger partial charge in [-0.1, -0.05) is 13.8 Å². The molecule has 5 nitrogen and oxygen atoms in total. The monoisotopic (exact) mass is 310 g/mol. The molecular weight excluding hydrogens is 288 g/mol. The number of hydrogen-bond acceptors (Lipinski definition) is 3. The van der Waals surface area contributed by atoms with Crippen molar-refractivity contribution in [3.63, 3.8) is 0 Å². The molecule has 116 valence electrons. The van der Waals surface area contributed by atoms with Crippen molar-refractivity contribution in [2.45, 2.75) is 25.2 Å². The third kappa shape index (κ3) is 4.20. The largest absolute Gasteiger partial charge is 0.324 e. The molecule has 1 heterocycles. The van der Waals surface area contributed by atoms with E-state index in [2.05, 4.69) is 19.2 Å². The number of urea groups is 1. The summed E-state index contributed by atoms with van der Waals surface area (Å²) in [5.41, 5.74) is 0.610. The highest BCUT2D eigenvalue weighted by molar-refractivity contribution is 7.90. The molecule has 0 aromatic heterocycles. The number of amides is 2. The molecule has 1 aliphatic heterocycles. The lowest BCUT2D eigenvalue weighted by Crippen LogP contribution is -2.44. The van der Waals surface area contributed by atoms with Crippen LogP contribution in [0.2, 0.25) is 0 Å². The van der Waals surface area contributed by atoms with Gasteiger partial charge in [0.1, 0.15) is 0 Å². The Kier molecular flexibility index (Phi) is 4.56. The van der Waals surface area contributed by atoms with Gasteiger partial charge in [-0.15, -0.1) is 0 Å². The molecule has 1 aromatic rings. The van der Waals surface area contributed by atoms with Gasteiger partial charge in [0.15, 0.2) is 9.84 Å². The first-order valence-corrected chi connectivity index (χ1v) is 9.01. The predicted octanol–water partition coefficient (Wildman–Crippen LogP) is 2.60. The minimum Gasteiger partial charge on any atom is -0.324 e. The summed E-state index contributed by atoms with van der Waals surface area (Å²) in [5.74, 6) is 1.01. The van der Waals surface area contributed by atoms with E-state index in [9.17, 15) is 13.2 Å². The summed E-state index contributed by atoms with van der Waals surface area (Å²) in [6.07, 6.45) is 2.31. The number of rotatable bonds is 2. The maximum Gasteiger partial charge on any atom is 0.321 e. The topological polar surface area (TPSA) is 66.5 Å². The average Bonchev–Trinajstić information content (AvgIpc) is 2.37. The zero-order chi connectivity index (χ0) is 15.6. The van der Waals surface area contributed by atoms with Crippen molar-refractivity contribution in [1.82, 2.24) is 4.90 Å². The van der Waals surface area contributed by atoms with Gasteiger partial charge in [0, 0.05) is 25.0 Å². The van der Waals surface area contributed by atoms with Gasteiger partial charge in [0.25, 0.3) is 0 Å². The van der Waals surface area contributed by atoms with Crippen molar-refractivity contribution in [2.24, 2.45) is 11.8 Å². The molecule has 0 saturated carbocycles. The van der Waals surface area contributed by atoms with Crippen LogP contribution in [-0.4, -0.2) is 38.7 Å². The van der Waals surface area contributed by atoms with Gasteiger partial charge in [-0.3, -0.25) is 0 Å². The standard InChI is InChI=1S/C15H22N2O3S/c1-11-8-12(2)10-17(9-11)15(18)16-13-4-6-14(7-5-13)21(3,19)20/h4-7,11-12H,8-10H2,1-3H3,(H,16,18)/t11-,12-/m0/s1. The number of nitrogens with zero attached hydrogens (tertiary/aromatic N) is 1. The van der Waals surface area contributed by atoms with Crippen LogP contribution >= 0.6 is 0 Å². The van der Waals surface area contributed by atoms with Crippen molar-refractivity contribution >= 4 is 21.6 Å². The molecule has 1 N–H and O–H groups in total. The summed E-state index contributed by atoms with van der Waals surface area (Å²) >= 11 is 0. The zero-order valence-electron chi connectivity index (χ0n) is 12.7. The smallest absolute Gasteiger partial charge is 0.321 e. The molecule has 0 spiro atoms. The second-order valence-electron chi connectivity index (χ2n) is 6.08. The molecule has 1 aliphatic rings. The van der Waals surface area contributed by atoms with Gasteiger partial charge in [-0.05, 0) is 42.5 Å². The van der Waals surface area contributed by atoms with Crippen LogP contribution in [0, 0.1) is 11.8 Å². The van der Waals surface area contributed by atoms with E-state index in [0.29, 0.717) is 17.5 Å². The van der Waals surface area contributed by atoms with E-state index in [1.54, 1.807) is 12.1 Å². The molecule has 2 rings (SSSR count). The van der Waals surface area contributed by atoms with E-state index in [-0.39, 0.29) is 10.9 Å². The van der Waals surface area contributed by atoms with Gasteiger partial charge in [-0.2, -0.15) is 0 Å². The van der Waals surface area contributed by atoms with Gasteiger partial charge in [0.2, 0.25) is 0 Å². The van der Waals surface area contributed by atoms with E-state index in [0.717, 1.165) is 25.8 Å². The number of carbonyl (C=O) groups excluding carboxylic acids is 1. The Balaban J connectivity index is 2.03. The van der Waals surface area contributed by atoms with Gasteiger partial charge >= 0.3 is 6.03 Å². The predicted molar refractivity (Wildman–Crippen MR) is 83.1 cm³/mol. The van der Waals surface area contributed by atoms with E-state index < -0.39 is 9.84 Å². The molecule has 0 aliphatic carbocycles. The SMILES string of the molecule is C[C@H]1C[C@H](C)CN(C(=O)Nc2ccc(S(C)(=O)=O)cc2)C1. The summed E-state index contributed by atoms with van der Waals surface area (Å²) in [6, 6.07) is 6.12. The number of carbonyl (C=O) groups is 1. The second kappa shape index (κ2) is 6.05. The molecule has 21 heavy (non-hydrogen) atoms. The van der Waals surface area contributed by atoms with Gasteiger partial charge in [-0.25, -0.2) is 13.2 Å². The first-order chi connectivity index (χ1) is 9.75. The minimum atomic E-state index is -3.21. The first kappa shape index (κ1) is 15.8. The van der Waals surface area contributed by atoms with Crippen molar-refractivity contribution in [3.8, 4) is 0 Å². The molecule has 2 atom stereocenters. The third-order valence-electron chi connectivity index (χ3n) is 3.69. The van der Waals surface area contributed by atoms with Crippen LogP contribution in [0.4, 0.5) is 10.5 Å². The Morgan fingerprint density at radius 3 is 2.14 bits per heavy atom. The number of sulfone groups is 1. The van der Waals surface area contributed by atoms with Crippen LogP contribution in [-0.2, 0) is 9.84 Å². The summed E-state index contributed by atoms with van der Waals surface area (Å²) in [4.78, 5) is 14.3. The molecule has 1 saturated heterocycles. The Morgan fingerprint density at radius 2 is 1.67 bits per heavy atom. The number of benzene rings is 1. The minimum absolute atomic E-state index is 0.125. The zero-order valence-corrected chi connectivity index (χ0v) is 13.5. The lowest BCUT2D eigenvalue weighted by molar-refractivity contribution is 0.156. The van der Waals surface area contributed by atoms with E-state index in [1.165, 1.54) is 12.1 Å². The van der Waals surface area contributed by atoms with Crippen LogP contribution in [0.5, 0.6) is 0 Å². The summed E-state index contributed by atoms with van der Waals surface area (Å²) < 4.78 is 22.8. The lowest BCUT2D eigenvalue weighted by atomic mass is 9.92. The average molecular weight is 310 g/mol. The number of hydrogen-bond donors (Lipinski definition) is 1. The van der Waals surface area contributed by atoms with Crippen LogP contribution in [0.3, 0.4) is 0 Å². The fourth-order valence-corrected chi connectivity index (χ4v) is 3.45. The third-order valence-corrected chi connectivity index (χ3v) is 4.82. The van der Waals surface area contributed by atoms with Crippen LogP contribution in [0.1, 0.15) is 20.3 Å². The van der Waals surface area contributed by atoms with Crippen molar-refractivity contribution in [1.29, 1.82) is 0 Å². The quantitative estimate of drug-likeness (QED) is 0.913. The number of nitrogens with one attached hydrogen (secondary N) is 1. The highest BCUT2D eigenvalue weighted by Gasteiger charge is 2.25. The normalized spacial score (nSPS) is 22.9. The second-order valence-corrected chi connectivity index (χ2v) is 8.09. The fraction of sp³-hybridized carbons (Fsp3) is 0.533. The van der Waals surface area contributed by atoms with E-state index in [4.69, 9.17) is 0 Å². The maximum absolute atomic E-state index is 12.2. The Labute approximate surface area is 126 Å². The molecule has 1 fully saturated rings. The molecule has 0 bridgehead atoms. The molecule has 2 amide bonds. The van der Waals surface area contributed by atoms with E-state index >= 15 is 0 Å². The van der Waals surface area contributed by atoms with Crippen molar-refractivity contribution in [2.75, 3.05) is 24.7 Å². The summed E-state index contributed by atoms with van der Waals surface area (Å²) in [6.45, 7) is 5.82. The number of likely N-dealkylation sites (tertiary alicyclic amines) is 1. The van der Waals surface area contributed by atoms with Gasteiger partial charge < -0.3 is 10.2 Å². The maximum atomic E-state index is 12.2. The Bertz CT molecular complexity index is 600. The first-order valence-electron chi connectivity index (χ1n) is 7.11. The van der Waals surface area contributed by atoms with E-state index in [1.807, 2.05) is 4.90 Å². The van der Waals surface area contributed by atoms with Crippen LogP contribution < -0.4 is 5.32 Å². The fourth-order valence-electron chi connectivity index (χ4n) is 2.82. The molecular formula is C15H22N2O3S. The van der Waals surface area contributed by atoms with Crippen LogP contribution in [0.25, 0.3) is 0 Å². The summed E-state index contributed by atoms with van der Waals surface area (Å²) in [5, 5.41) is 2.82. The highest BCUT2D eigenvalue weighted by atomic mass is 32.2. The summed E-state index contributed by atoms with van der Waals surface area (Å²) in [7, 11) is -3.21. The highest BCUT2D eigenvalue weighted by Crippen LogP contribution is 2.22. The number of anilines is 1. The van der Waals surface area contributed by atoms with Crippen molar-refractivity contribution < 1.29 is 13.2 Å². The molecule has 6 heteroatoms. The molecule has 0 unspecified atom stereocenters. The molecule has 0 radical (unpaired) electrons. The van der Waals surface area contributed by atoms with Crippen LogP contribution in [0.15, 0.2) is 29.2 Å². The Hall–Kier alpha value is -1.56.